The summed E-state index contributed by atoms with van der Waals surface area (Å²) in [4.78, 5) is 7.55. The maximum atomic E-state index is 5.61. The first-order chi connectivity index (χ1) is 13.8. The van der Waals surface area contributed by atoms with Crippen molar-refractivity contribution in [3.63, 3.8) is 0 Å². The Labute approximate surface area is 167 Å². The first-order valence-electron chi connectivity index (χ1n) is 9.89. The van der Waals surface area contributed by atoms with Crippen molar-refractivity contribution in [3.05, 3.63) is 102 Å². The van der Waals surface area contributed by atoms with Crippen LogP contribution >= 0.6 is 0 Å². The minimum atomic E-state index is 0.0850. The molecule has 142 valence electrons. The van der Waals surface area contributed by atoms with Crippen molar-refractivity contribution < 1.29 is 4.74 Å². The lowest BCUT2D eigenvalue weighted by atomic mass is 9.89. The number of nitrogens with zero attached hydrogens (tertiary/aromatic N) is 2. The zero-order chi connectivity index (χ0) is 19.2. The molecule has 0 saturated carbocycles. The van der Waals surface area contributed by atoms with E-state index in [1.165, 1.54) is 16.7 Å². The Bertz CT molecular complexity index is 859. The molecule has 1 saturated heterocycles. The Kier molecular flexibility index (Phi) is 5.83. The summed E-state index contributed by atoms with van der Waals surface area (Å²) in [6.45, 7) is 5.31. The van der Waals surface area contributed by atoms with E-state index in [1.54, 1.807) is 0 Å². The third kappa shape index (κ3) is 4.32. The number of aryl methyl sites for hydroxylation is 1. The first-order valence-corrected chi connectivity index (χ1v) is 9.89. The van der Waals surface area contributed by atoms with Crippen LogP contribution in [-0.2, 0) is 4.74 Å². The molecule has 3 aromatic carbocycles. The van der Waals surface area contributed by atoms with Crippen molar-refractivity contribution in [2.45, 2.75) is 12.8 Å². The van der Waals surface area contributed by atoms with Gasteiger partial charge in [0.2, 0.25) is 0 Å². The number of aliphatic imine (C=N–C) groups is 1. The van der Waals surface area contributed by atoms with Crippen LogP contribution in [0.15, 0.2) is 89.9 Å². The number of ether oxygens (including phenoxy) is 1. The first kappa shape index (κ1) is 18.5. The molecule has 0 bridgehead atoms. The summed E-state index contributed by atoms with van der Waals surface area (Å²) in [6, 6.07) is 29.8. The zero-order valence-electron chi connectivity index (χ0n) is 16.3. The summed E-state index contributed by atoms with van der Waals surface area (Å²) < 4.78 is 5.61. The highest BCUT2D eigenvalue weighted by atomic mass is 16.5. The van der Waals surface area contributed by atoms with Crippen molar-refractivity contribution >= 4 is 11.5 Å². The lowest BCUT2D eigenvalue weighted by Gasteiger charge is -2.34. The van der Waals surface area contributed by atoms with Crippen LogP contribution in [0.2, 0.25) is 0 Å². The summed E-state index contributed by atoms with van der Waals surface area (Å²) in [5.41, 5.74) is 4.75. The van der Waals surface area contributed by atoms with Crippen molar-refractivity contribution in [2.75, 3.05) is 26.3 Å². The van der Waals surface area contributed by atoms with Crippen molar-refractivity contribution in [1.82, 2.24) is 4.90 Å². The summed E-state index contributed by atoms with van der Waals surface area (Å²) in [6.07, 6.45) is 0. The smallest absolute Gasteiger partial charge is 0.117 e. The average molecular weight is 370 g/mol. The predicted molar refractivity (Wildman–Crippen MR) is 115 cm³/mol. The van der Waals surface area contributed by atoms with Crippen LogP contribution in [0.25, 0.3) is 0 Å². The van der Waals surface area contributed by atoms with E-state index in [2.05, 4.69) is 96.8 Å². The lowest BCUT2D eigenvalue weighted by Crippen LogP contribution is -2.43. The fraction of sp³-hybridized carbons (Fsp3) is 0.240. The molecule has 0 aromatic heterocycles. The van der Waals surface area contributed by atoms with Gasteiger partial charge in [-0.1, -0.05) is 78.4 Å². The number of amidine groups is 1. The molecule has 0 N–H and O–H groups in total. The molecule has 3 nitrogen and oxygen atoms in total. The van der Waals surface area contributed by atoms with Gasteiger partial charge in [0, 0.05) is 13.1 Å². The Morgan fingerprint density at radius 2 is 1.32 bits per heavy atom. The van der Waals surface area contributed by atoms with Gasteiger partial charge in [0.1, 0.15) is 5.84 Å². The van der Waals surface area contributed by atoms with Gasteiger partial charge in [-0.2, -0.15) is 0 Å². The van der Waals surface area contributed by atoms with Gasteiger partial charge >= 0.3 is 0 Å². The summed E-state index contributed by atoms with van der Waals surface area (Å²) in [5, 5.41) is 0. The molecular weight excluding hydrogens is 344 g/mol. The SMILES string of the molecule is Cc1ccc(N=C(C(c2ccccc2)c2ccccc2)N2CCOCC2)cc1. The van der Waals surface area contributed by atoms with Crippen LogP contribution < -0.4 is 0 Å². The monoisotopic (exact) mass is 370 g/mol. The fourth-order valence-corrected chi connectivity index (χ4v) is 3.64. The third-order valence-corrected chi connectivity index (χ3v) is 5.14. The van der Waals surface area contributed by atoms with E-state index in [4.69, 9.17) is 9.73 Å². The molecule has 0 unspecified atom stereocenters. The lowest BCUT2D eigenvalue weighted by molar-refractivity contribution is 0.0670. The molecule has 4 rings (SSSR count). The molecule has 3 heteroatoms. The number of rotatable bonds is 4. The molecule has 1 heterocycles. The molecule has 1 aliphatic heterocycles. The molecule has 0 radical (unpaired) electrons. The Morgan fingerprint density at radius 1 is 0.786 bits per heavy atom. The third-order valence-electron chi connectivity index (χ3n) is 5.14. The van der Waals surface area contributed by atoms with Crippen molar-refractivity contribution in [2.24, 2.45) is 4.99 Å². The van der Waals surface area contributed by atoms with Gasteiger partial charge in [0.05, 0.1) is 24.8 Å². The van der Waals surface area contributed by atoms with Crippen LogP contribution in [0.4, 0.5) is 5.69 Å². The Morgan fingerprint density at radius 3 is 1.86 bits per heavy atom. The van der Waals surface area contributed by atoms with Gasteiger partial charge in [-0.3, -0.25) is 0 Å². The average Bonchev–Trinajstić information content (AvgIpc) is 2.77. The topological polar surface area (TPSA) is 24.8 Å². The highest BCUT2D eigenvalue weighted by Gasteiger charge is 2.26. The highest BCUT2D eigenvalue weighted by molar-refractivity contribution is 5.94. The molecule has 3 aromatic rings. The minimum absolute atomic E-state index is 0.0850. The standard InChI is InChI=1S/C25H26N2O/c1-20-12-14-23(15-13-20)26-25(27-16-18-28-19-17-27)24(21-8-4-2-5-9-21)22-10-6-3-7-11-22/h2-15,24H,16-19H2,1H3. The van der Waals surface area contributed by atoms with E-state index >= 15 is 0 Å². The molecular formula is C25H26N2O. The van der Waals surface area contributed by atoms with Gasteiger partial charge in [0.15, 0.2) is 0 Å². The largest absolute Gasteiger partial charge is 0.378 e. The second-order valence-corrected chi connectivity index (χ2v) is 7.16. The maximum Gasteiger partial charge on any atom is 0.117 e. The summed E-state index contributed by atoms with van der Waals surface area (Å²) in [5.74, 6) is 1.17. The van der Waals surface area contributed by atoms with E-state index in [0.717, 1.165) is 37.8 Å². The summed E-state index contributed by atoms with van der Waals surface area (Å²) >= 11 is 0. The van der Waals surface area contributed by atoms with Crippen LogP contribution in [-0.4, -0.2) is 37.0 Å². The molecule has 0 amide bonds. The molecule has 0 spiro atoms. The molecule has 0 aliphatic carbocycles. The quantitative estimate of drug-likeness (QED) is 0.466. The number of benzene rings is 3. The maximum absolute atomic E-state index is 5.61. The molecule has 28 heavy (non-hydrogen) atoms. The van der Waals surface area contributed by atoms with Crippen molar-refractivity contribution in [1.29, 1.82) is 0 Å². The fourth-order valence-electron chi connectivity index (χ4n) is 3.64. The Balaban J connectivity index is 1.84. The van der Waals surface area contributed by atoms with E-state index in [-0.39, 0.29) is 5.92 Å². The second-order valence-electron chi connectivity index (χ2n) is 7.16. The highest BCUT2D eigenvalue weighted by Crippen LogP contribution is 2.30. The molecule has 0 atom stereocenters. The number of morpholine rings is 1. The van der Waals surface area contributed by atoms with E-state index < -0.39 is 0 Å². The normalized spacial score (nSPS) is 15.1. The number of hydrogen-bond donors (Lipinski definition) is 0. The van der Waals surface area contributed by atoms with Gasteiger partial charge in [0.25, 0.3) is 0 Å². The van der Waals surface area contributed by atoms with Crippen LogP contribution in [0.5, 0.6) is 0 Å². The van der Waals surface area contributed by atoms with Gasteiger partial charge < -0.3 is 9.64 Å². The van der Waals surface area contributed by atoms with E-state index in [0.29, 0.717) is 0 Å². The minimum Gasteiger partial charge on any atom is -0.378 e. The molecule has 1 aliphatic rings. The predicted octanol–water partition coefficient (Wildman–Crippen LogP) is 5.19. The Hall–Kier alpha value is -2.91. The summed E-state index contributed by atoms with van der Waals surface area (Å²) in [7, 11) is 0. The van der Waals surface area contributed by atoms with Gasteiger partial charge in [-0.15, -0.1) is 0 Å². The van der Waals surface area contributed by atoms with Crippen LogP contribution in [0, 0.1) is 6.92 Å². The van der Waals surface area contributed by atoms with Crippen LogP contribution in [0.1, 0.15) is 22.6 Å². The second kappa shape index (κ2) is 8.85. The van der Waals surface area contributed by atoms with E-state index in [9.17, 15) is 0 Å². The van der Waals surface area contributed by atoms with E-state index in [1.807, 2.05) is 0 Å². The van der Waals surface area contributed by atoms with Gasteiger partial charge in [-0.05, 0) is 30.2 Å². The van der Waals surface area contributed by atoms with Gasteiger partial charge in [-0.25, -0.2) is 4.99 Å². The van der Waals surface area contributed by atoms with Crippen LogP contribution in [0.3, 0.4) is 0 Å². The number of hydrogen-bond acceptors (Lipinski definition) is 2. The van der Waals surface area contributed by atoms with Crippen molar-refractivity contribution in [3.8, 4) is 0 Å². The zero-order valence-corrected chi connectivity index (χ0v) is 16.3. The molecule has 1 fully saturated rings.